The molecule has 128 valence electrons. The standard InChI is InChI=1S/C19H25N3O2/c20-19(12-6-7-13-19)18-21-17(24-22-18)15-10-4-5-11-16(15)23-14-8-2-1-3-9-14/h4-5,10-11,14H,1-3,6-9,12-13,20H2. The van der Waals surface area contributed by atoms with Crippen molar-refractivity contribution in [2.24, 2.45) is 5.73 Å². The summed E-state index contributed by atoms with van der Waals surface area (Å²) in [5.41, 5.74) is 6.88. The minimum atomic E-state index is -0.430. The molecular weight excluding hydrogens is 302 g/mol. The van der Waals surface area contributed by atoms with Gasteiger partial charge in [0.05, 0.1) is 17.2 Å². The molecule has 2 aromatic rings. The fourth-order valence-electron chi connectivity index (χ4n) is 3.87. The van der Waals surface area contributed by atoms with Crippen molar-refractivity contribution in [3.05, 3.63) is 30.1 Å². The van der Waals surface area contributed by atoms with E-state index in [-0.39, 0.29) is 6.10 Å². The van der Waals surface area contributed by atoms with Crippen LogP contribution in [0.5, 0.6) is 5.75 Å². The number of nitrogens with two attached hydrogens (primary N) is 1. The zero-order chi connectivity index (χ0) is 16.4. The van der Waals surface area contributed by atoms with Gasteiger partial charge in [0.25, 0.3) is 5.89 Å². The van der Waals surface area contributed by atoms with Gasteiger partial charge in [0.2, 0.25) is 0 Å². The van der Waals surface area contributed by atoms with E-state index in [2.05, 4.69) is 10.1 Å². The maximum Gasteiger partial charge on any atom is 0.261 e. The lowest BCUT2D eigenvalue weighted by Gasteiger charge is -2.23. The van der Waals surface area contributed by atoms with Crippen LogP contribution in [0, 0.1) is 0 Å². The molecular formula is C19H25N3O2. The summed E-state index contributed by atoms with van der Waals surface area (Å²) in [6.07, 6.45) is 10.4. The fourth-order valence-corrected chi connectivity index (χ4v) is 3.87. The lowest BCUT2D eigenvalue weighted by Crippen LogP contribution is -2.34. The van der Waals surface area contributed by atoms with Crippen LogP contribution in [0.2, 0.25) is 0 Å². The van der Waals surface area contributed by atoms with Crippen molar-refractivity contribution in [1.82, 2.24) is 10.1 Å². The molecule has 0 saturated heterocycles. The molecule has 2 N–H and O–H groups in total. The van der Waals surface area contributed by atoms with Gasteiger partial charge in [0.1, 0.15) is 5.75 Å². The zero-order valence-electron chi connectivity index (χ0n) is 14.0. The Bertz CT molecular complexity index is 685. The van der Waals surface area contributed by atoms with Crippen LogP contribution in [0.15, 0.2) is 28.8 Å². The summed E-state index contributed by atoms with van der Waals surface area (Å²) < 4.78 is 11.8. The van der Waals surface area contributed by atoms with Crippen LogP contribution in [0.4, 0.5) is 0 Å². The summed E-state index contributed by atoms with van der Waals surface area (Å²) in [5, 5.41) is 4.17. The number of aromatic nitrogens is 2. The molecule has 0 amide bonds. The van der Waals surface area contributed by atoms with Gasteiger partial charge in [0.15, 0.2) is 5.82 Å². The van der Waals surface area contributed by atoms with E-state index < -0.39 is 5.54 Å². The van der Waals surface area contributed by atoms with Gasteiger partial charge in [-0.25, -0.2) is 0 Å². The second-order valence-corrected chi connectivity index (χ2v) is 7.16. The molecule has 4 rings (SSSR count). The number of rotatable bonds is 4. The summed E-state index contributed by atoms with van der Waals surface area (Å²) in [5.74, 6) is 1.97. The summed E-state index contributed by atoms with van der Waals surface area (Å²) in [7, 11) is 0. The summed E-state index contributed by atoms with van der Waals surface area (Å²) in [6, 6.07) is 7.93. The number of nitrogens with zero attached hydrogens (tertiary/aromatic N) is 2. The SMILES string of the molecule is NC1(c2noc(-c3ccccc3OC3CCCCC3)n2)CCCC1. The topological polar surface area (TPSA) is 74.2 Å². The molecule has 2 fully saturated rings. The van der Waals surface area contributed by atoms with Crippen molar-refractivity contribution in [2.45, 2.75) is 69.4 Å². The minimum absolute atomic E-state index is 0.290. The summed E-state index contributed by atoms with van der Waals surface area (Å²) >= 11 is 0. The van der Waals surface area contributed by atoms with Gasteiger partial charge in [0, 0.05) is 0 Å². The van der Waals surface area contributed by atoms with Crippen LogP contribution in [-0.2, 0) is 5.54 Å². The third-order valence-electron chi connectivity index (χ3n) is 5.33. The van der Waals surface area contributed by atoms with Crippen LogP contribution in [0.3, 0.4) is 0 Å². The van der Waals surface area contributed by atoms with E-state index in [1.807, 2.05) is 24.3 Å². The molecule has 1 heterocycles. The second kappa shape index (κ2) is 6.55. The predicted octanol–water partition coefficient (Wildman–Crippen LogP) is 4.18. The predicted molar refractivity (Wildman–Crippen MR) is 91.6 cm³/mol. The van der Waals surface area contributed by atoms with E-state index in [9.17, 15) is 0 Å². The molecule has 2 aliphatic rings. The van der Waals surface area contributed by atoms with Crippen LogP contribution in [0.25, 0.3) is 11.5 Å². The molecule has 0 spiro atoms. The molecule has 24 heavy (non-hydrogen) atoms. The van der Waals surface area contributed by atoms with Crippen LogP contribution in [-0.4, -0.2) is 16.2 Å². The Morgan fingerprint density at radius 3 is 2.58 bits per heavy atom. The first-order chi connectivity index (χ1) is 11.7. The first-order valence-corrected chi connectivity index (χ1v) is 9.14. The average molecular weight is 327 g/mol. The van der Waals surface area contributed by atoms with Gasteiger partial charge < -0.3 is 15.0 Å². The number of benzene rings is 1. The Kier molecular flexibility index (Phi) is 4.27. The first kappa shape index (κ1) is 15.6. The Morgan fingerprint density at radius 1 is 1.04 bits per heavy atom. The van der Waals surface area contributed by atoms with E-state index in [1.54, 1.807) is 0 Å². The third-order valence-corrected chi connectivity index (χ3v) is 5.33. The third kappa shape index (κ3) is 3.05. The maximum absolute atomic E-state index is 6.44. The molecule has 0 bridgehead atoms. The number of para-hydroxylation sites is 1. The quantitative estimate of drug-likeness (QED) is 0.912. The van der Waals surface area contributed by atoms with E-state index in [0.717, 1.165) is 49.8 Å². The van der Waals surface area contributed by atoms with E-state index in [1.165, 1.54) is 19.3 Å². The highest BCUT2D eigenvalue weighted by molar-refractivity contribution is 5.62. The highest BCUT2D eigenvalue weighted by Crippen LogP contribution is 2.37. The van der Waals surface area contributed by atoms with E-state index in [4.69, 9.17) is 15.0 Å². The van der Waals surface area contributed by atoms with Crippen LogP contribution >= 0.6 is 0 Å². The molecule has 1 aromatic carbocycles. The Morgan fingerprint density at radius 2 is 1.79 bits per heavy atom. The van der Waals surface area contributed by atoms with Crippen molar-refractivity contribution >= 4 is 0 Å². The van der Waals surface area contributed by atoms with Gasteiger partial charge in [-0.3, -0.25) is 0 Å². The number of hydrogen-bond donors (Lipinski definition) is 1. The molecule has 2 saturated carbocycles. The summed E-state index contributed by atoms with van der Waals surface area (Å²) in [4.78, 5) is 4.61. The van der Waals surface area contributed by atoms with Crippen LogP contribution in [0.1, 0.15) is 63.6 Å². The number of ether oxygens (including phenoxy) is 1. The molecule has 0 atom stereocenters. The average Bonchev–Trinajstić information content (AvgIpc) is 3.27. The Hall–Kier alpha value is -1.88. The largest absolute Gasteiger partial charge is 0.490 e. The van der Waals surface area contributed by atoms with E-state index in [0.29, 0.717) is 11.7 Å². The lowest BCUT2D eigenvalue weighted by molar-refractivity contribution is 0.155. The van der Waals surface area contributed by atoms with Gasteiger partial charge in [-0.15, -0.1) is 0 Å². The molecule has 2 aliphatic carbocycles. The number of hydrogen-bond acceptors (Lipinski definition) is 5. The Balaban J connectivity index is 1.59. The van der Waals surface area contributed by atoms with Crippen molar-refractivity contribution < 1.29 is 9.26 Å². The molecule has 5 nitrogen and oxygen atoms in total. The highest BCUT2D eigenvalue weighted by Gasteiger charge is 2.36. The highest BCUT2D eigenvalue weighted by atomic mass is 16.5. The zero-order valence-corrected chi connectivity index (χ0v) is 14.0. The van der Waals surface area contributed by atoms with Crippen molar-refractivity contribution in [3.63, 3.8) is 0 Å². The van der Waals surface area contributed by atoms with Crippen molar-refractivity contribution in [3.8, 4) is 17.2 Å². The molecule has 5 heteroatoms. The lowest BCUT2D eigenvalue weighted by atomic mass is 9.97. The normalized spacial score (nSPS) is 21.0. The Labute approximate surface area is 142 Å². The van der Waals surface area contributed by atoms with Gasteiger partial charge >= 0.3 is 0 Å². The summed E-state index contributed by atoms with van der Waals surface area (Å²) in [6.45, 7) is 0. The smallest absolute Gasteiger partial charge is 0.261 e. The van der Waals surface area contributed by atoms with Gasteiger partial charge in [-0.05, 0) is 50.7 Å². The minimum Gasteiger partial charge on any atom is -0.490 e. The first-order valence-electron chi connectivity index (χ1n) is 9.14. The maximum atomic E-state index is 6.44. The fraction of sp³-hybridized carbons (Fsp3) is 0.579. The molecule has 0 unspecified atom stereocenters. The van der Waals surface area contributed by atoms with Crippen molar-refractivity contribution in [2.75, 3.05) is 0 Å². The molecule has 0 radical (unpaired) electrons. The van der Waals surface area contributed by atoms with E-state index >= 15 is 0 Å². The van der Waals surface area contributed by atoms with Gasteiger partial charge in [-0.1, -0.05) is 36.6 Å². The van der Waals surface area contributed by atoms with Crippen molar-refractivity contribution in [1.29, 1.82) is 0 Å². The molecule has 1 aromatic heterocycles. The second-order valence-electron chi connectivity index (χ2n) is 7.16. The van der Waals surface area contributed by atoms with Gasteiger partial charge in [-0.2, -0.15) is 4.98 Å². The van der Waals surface area contributed by atoms with Crippen LogP contribution < -0.4 is 10.5 Å². The molecule has 0 aliphatic heterocycles. The monoisotopic (exact) mass is 327 g/mol.